The topological polar surface area (TPSA) is 21.3 Å². The normalized spacial score (nSPS) is 20.0. The van der Waals surface area contributed by atoms with E-state index in [2.05, 4.69) is 29.8 Å². The van der Waals surface area contributed by atoms with Crippen molar-refractivity contribution in [3.8, 4) is 5.75 Å². The van der Waals surface area contributed by atoms with Crippen LogP contribution in [0.4, 0.5) is 0 Å². The molecule has 0 radical (unpaired) electrons. The van der Waals surface area contributed by atoms with Gasteiger partial charge in [-0.15, -0.1) is 11.8 Å². The lowest BCUT2D eigenvalue weighted by Crippen LogP contribution is -2.24. The smallest absolute Gasteiger partial charge is 0.123 e. The van der Waals surface area contributed by atoms with Crippen molar-refractivity contribution in [2.75, 3.05) is 19.9 Å². The van der Waals surface area contributed by atoms with Gasteiger partial charge in [0.1, 0.15) is 5.75 Å². The van der Waals surface area contributed by atoms with E-state index in [1.807, 2.05) is 0 Å². The van der Waals surface area contributed by atoms with E-state index < -0.39 is 0 Å². The second kappa shape index (κ2) is 5.60. The highest BCUT2D eigenvalue weighted by Crippen LogP contribution is 2.30. The minimum atomic E-state index is 0.627. The molecule has 1 atom stereocenters. The highest BCUT2D eigenvalue weighted by Gasteiger charge is 2.18. The molecule has 1 aliphatic rings. The molecule has 0 saturated carbocycles. The van der Waals surface area contributed by atoms with Crippen molar-refractivity contribution in [1.82, 2.24) is 5.32 Å². The van der Waals surface area contributed by atoms with Crippen LogP contribution in [0, 0.1) is 0 Å². The third kappa shape index (κ3) is 2.53. The van der Waals surface area contributed by atoms with Gasteiger partial charge in [0, 0.05) is 16.5 Å². The molecule has 16 heavy (non-hydrogen) atoms. The Morgan fingerprint density at radius 2 is 2.38 bits per heavy atom. The lowest BCUT2D eigenvalue weighted by Gasteiger charge is -2.16. The van der Waals surface area contributed by atoms with E-state index in [0.29, 0.717) is 6.04 Å². The van der Waals surface area contributed by atoms with Crippen LogP contribution in [0.3, 0.4) is 0 Å². The summed E-state index contributed by atoms with van der Waals surface area (Å²) in [6.45, 7) is 1.16. The van der Waals surface area contributed by atoms with Crippen molar-refractivity contribution < 1.29 is 4.74 Å². The number of hydrogen-bond acceptors (Lipinski definition) is 3. The maximum atomic E-state index is 5.46. The predicted octanol–water partition coefficient (Wildman–Crippen LogP) is 2.71. The van der Waals surface area contributed by atoms with Gasteiger partial charge in [-0.1, -0.05) is 6.07 Å². The van der Waals surface area contributed by atoms with Crippen molar-refractivity contribution in [3.05, 3.63) is 23.8 Å². The number of hydrogen-bond donors (Lipinski definition) is 1. The molecule has 1 aliphatic heterocycles. The standard InChI is InChI=1S/C13H19NOS/c1-15-12-6-3-7-13(16-2)11(12)9-10-5-4-8-14-10/h3,6-7,10,14H,4-5,8-9H2,1-2H3. The molecule has 88 valence electrons. The van der Waals surface area contributed by atoms with Crippen LogP contribution in [0.1, 0.15) is 18.4 Å². The van der Waals surface area contributed by atoms with Crippen LogP contribution in [-0.2, 0) is 6.42 Å². The number of methoxy groups -OCH3 is 1. The summed E-state index contributed by atoms with van der Waals surface area (Å²) >= 11 is 1.80. The molecule has 1 heterocycles. The van der Waals surface area contributed by atoms with Crippen LogP contribution in [0.25, 0.3) is 0 Å². The Bertz CT molecular complexity index is 326. The number of thioether (sulfide) groups is 1. The summed E-state index contributed by atoms with van der Waals surface area (Å²) in [7, 11) is 1.75. The fraction of sp³-hybridized carbons (Fsp3) is 0.538. The van der Waals surface area contributed by atoms with E-state index in [0.717, 1.165) is 18.7 Å². The Labute approximate surface area is 102 Å². The first-order chi connectivity index (χ1) is 7.85. The Morgan fingerprint density at radius 3 is 3.00 bits per heavy atom. The van der Waals surface area contributed by atoms with Gasteiger partial charge in [-0.3, -0.25) is 0 Å². The minimum Gasteiger partial charge on any atom is -0.496 e. The van der Waals surface area contributed by atoms with E-state index >= 15 is 0 Å². The van der Waals surface area contributed by atoms with Gasteiger partial charge in [0.25, 0.3) is 0 Å². The zero-order chi connectivity index (χ0) is 11.4. The number of rotatable bonds is 4. The molecule has 2 rings (SSSR count). The summed E-state index contributed by atoms with van der Waals surface area (Å²) in [6, 6.07) is 6.93. The largest absolute Gasteiger partial charge is 0.496 e. The Hall–Kier alpha value is -0.670. The summed E-state index contributed by atoms with van der Waals surface area (Å²) in [5, 5.41) is 3.54. The number of nitrogens with one attached hydrogen (secondary N) is 1. The number of benzene rings is 1. The molecular weight excluding hydrogens is 218 g/mol. The lowest BCUT2D eigenvalue weighted by atomic mass is 10.0. The molecule has 1 aromatic rings. The van der Waals surface area contributed by atoms with Crippen molar-refractivity contribution >= 4 is 11.8 Å². The first-order valence-electron chi connectivity index (χ1n) is 5.78. The van der Waals surface area contributed by atoms with Gasteiger partial charge in [0.05, 0.1) is 7.11 Å². The first kappa shape index (κ1) is 11.8. The SMILES string of the molecule is COc1cccc(SC)c1CC1CCCN1. The maximum Gasteiger partial charge on any atom is 0.123 e. The molecule has 1 N–H and O–H groups in total. The van der Waals surface area contributed by atoms with E-state index in [4.69, 9.17) is 4.74 Å². The van der Waals surface area contributed by atoms with Crippen LogP contribution in [-0.4, -0.2) is 26.0 Å². The highest BCUT2D eigenvalue weighted by molar-refractivity contribution is 7.98. The van der Waals surface area contributed by atoms with Gasteiger partial charge in [-0.2, -0.15) is 0 Å². The first-order valence-corrected chi connectivity index (χ1v) is 7.01. The van der Waals surface area contributed by atoms with Gasteiger partial charge in [0.2, 0.25) is 0 Å². The molecule has 0 aromatic heterocycles. The van der Waals surface area contributed by atoms with E-state index in [1.165, 1.54) is 23.3 Å². The molecule has 0 aliphatic carbocycles. The second-order valence-electron chi connectivity index (χ2n) is 4.14. The van der Waals surface area contributed by atoms with Gasteiger partial charge >= 0.3 is 0 Å². The van der Waals surface area contributed by atoms with Crippen LogP contribution >= 0.6 is 11.8 Å². The third-order valence-electron chi connectivity index (χ3n) is 3.14. The number of ether oxygens (including phenoxy) is 1. The monoisotopic (exact) mass is 237 g/mol. The Balaban J connectivity index is 2.21. The van der Waals surface area contributed by atoms with Gasteiger partial charge < -0.3 is 10.1 Å². The van der Waals surface area contributed by atoms with Crippen LogP contribution in [0.5, 0.6) is 5.75 Å². The summed E-state index contributed by atoms with van der Waals surface area (Å²) in [5.74, 6) is 1.03. The van der Waals surface area contributed by atoms with Gasteiger partial charge in [0.15, 0.2) is 0 Å². The van der Waals surface area contributed by atoms with E-state index in [9.17, 15) is 0 Å². The average Bonchev–Trinajstić information content (AvgIpc) is 2.82. The summed E-state index contributed by atoms with van der Waals surface area (Å²) < 4.78 is 5.46. The van der Waals surface area contributed by atoms with Crippen LogP contribution < -0.4 is 10.1 Å². The fourth-order valence-corrected chi connectivity index (χ4v) is 2.95. The molecule has 1 saturated heterocycles. The van der Waals surface area contributed by atoms with Crippen LogP contribution in [0.15, 0.2) is 23.1 Å². The highest BCUT2D eigenvalue weighted by atomic mass is 32.2. The van der Waals surface area contributed by atoms with Crippen molar-refractivity contribution in [3.63, 3.8) is 0 Å². The lowest BCUT2D eigenvalue weighted by molar-refractivity contribution is 0.405. The molecule has 0 amide bonds. The molecule has 3 heteroatoms. The quantitative estimate of drug-likeness (QED) is 0.814. The molecule has 2 nitrogen and oxygen atoms in total. The Morgan fingerprint density at radius 1 is 1.50 bits per heavy atom. The fourth-order valence-electron chi connectivity index (χ4n) is 2.31. The molecule has 1 unspecified atom stereocenters. The minimum absolute atomic E-state index is 0.627. The molecule has 0 bridgehead atoms. The van der Waals surface area contributed by atoms with Crippen molar-refractivity contribution in [2.24, 2.45) is 0 Å². The maximum absolute atomic E-state index is 5.46. The molecule has 0 spiro atoms. The van der Waals surface area contributed by atoms with Crippen LogP contribution in [0.2, 0.25) is 0 Å². The average molecular weight is 237 g/mol. The van der Waals surface area contributed by atoms with Gasteiger partial charge in [-0.25, -0.2) is 0 Å². The molecule has 1 fully saturated rings. The summed E-state index contributed by atoms with van der Waals surface area (Å²) in [6.07, 6.45) is 5.79. The zero-order valence-electron chi connectivity index (χ0n) is 9.95. The third-order valence-corrected chi connectivity index (χ3v) is 3.97. The Kier molecular flexibility index (Phi) is 4.13. The zero-order valence-corrected chi connectivity index (χ0v) is 10.8. The van der Waals surface area contributed by atoms with Gasteiger partial charge in [-0.05, 0) is 44.2 Å². The van der Waals surface area contributed by atoms with Crippen molar-refractivity contribution in [2.45, 2.75) is 30.2 Å². The van der Waals surface area contributed by atoms with E-state index in [-0.39, 0.29) is 0 Å². The molecule has 1 aromatic carbocycles. The summed E-state index contributed by atoms with van der Waals surface area (Å²) in [4.78, 5) is 1.34. The predicted molar refractivity (Wildman–Crippen MR) is 69.5 cm³/mol. The van der Waals surface area contributed by atoms with E-state index in [1.54, 1.807) is 18.9 Å². The van der Waals surface area contributed by atoms with Crippen molar-refractivity contribution in [1.29, 1.82) is 0 Å². The second-order valence-corrected chi connectivity index (χ2v) is 4.99. The summed E-state index contributed by atoms with van der Waals surface area (Å²) in [5.41, 5.74) is 1.36. The molecular formula is C13H19NOS.